The highest BCUT2D eigenvalue weighted by molar-refractivity contribution is 6.21. The van der Waals surface area contributed by atoms with Gasteiger partial charge in [-0.1, -0.05) is 13.0 Å². The molecule has 0 bridgehead atoms. The fraction of sp³-hybridized carbons (Fsp3) is 0.538. The molecule has 0 aliphatic carbocycles. The lowest BCUT2D eigenvalue weighted by molar-refractivity contribution is 0.861. The molecule has 0 saturated heterocycles. The highest BCUT2D eigenvalue weighted by Crippen LogP contribution is 2.32. The maximum Gasteiger partial charge on any atom is 0.0588 e. The molecule has 0 aliphatic rings. The summed E-state index contributed by atoms with van der Waals surface area (Å²) in [5, 5.41) is 0.161. The predicted molar refractivity (Wildman–Crippen MR) is 64.3 cm³/mol. The second-order valence-corrected chi connectivity index (χ2v) is 4.58. The van der Waals surface area contributed by atoms with Gasteiger partial charge in [-0.05, 0) is 61.9 Å². The standard InChI is InChI=1S/C13H19Cl/c1-6-12(14)13-10(4)8(2)7-9(3)11(13)5/h7,12H,6H2,1-5H3. The lowest BCUT2D eigenvalue weighted by atomic mass is 9.91. The van der Waals surface area contributed by atoms with E-state index in [4.69, 9.17) is 11.6 Å². The molecule has 0 nitrogen and oxygen atoms in total. The first kappa shape index (κ1) is 11.6. The fourth-order valence-electron chi connectivity index (χ4n) is 1.92. The van der Waals surface area contributed by atoms with Gasteiger partial charge in [0, 0.05) is 0 Å². The zero-order valence-corrected chi connectivity index (χ0v) is 10.5. The molecular formula is C13H19Cl. The van der Waals surface area contributed by atoms with Crippen LogP contribution in [0, 0.1) is 27.7 Å². The Labute approximate surface area is 92.3 Å². The average molecular weight is 211 g/mol. The van der Waals surface area contributed by atoms with Crippen LogP contribution in [0.5, 0.6) is 0 Å². The molecule has 0 fully saturated rings. The number of alkyl halides is 1. The van der Waals surface area contributed by atoms with E-state index in [0.29, 0.717) is 0 Å². The van der Waals surface area contributed by atoms with Gasteiger partial charge < -0.3 is 0 Å². The van der Waals surface area contributed by atoms with Crippen LogP contribution in [0.4, 0.5) is 0 Å². The number of benzene rings is 1. The van der Waals surface area contributed by atoms with Crippen LogP contribution >= 0.6 is 11.6 Å². The molecule has 0 amide bonds. The van der Waals surface area contributed by atoms with Crippen molar-refractivity contribution >= 4 is 11.6 Å². The van der Waals surface area contributed by atoms with Crippen molar-refractivity contribution in [1.82, 2.24) is 0 Å². The Bertz CT molecular complexity index is 313. The summed E-state index contributed by atoms with van der Waals surface area (Å²) in [7, 11) is 0. The summed E-state index contributed by atoms with van der Waals surface area (Å²) in [5.41, 5.74) is 6.75. The number of hydrogen-bond donors (Lipinski definition) is 0. The summed E-state index contributed by atoms with van der Waals surface area (Å²) in [6.07, 6.45) is 0.992. The van der Waals surface area contributed by atoms with Crippen LogP contribution in [0.2, 0.25) is 0 Å². The van der Waals surface area contributed by atoms with E-state index in [1.54, 1.807) is 0 Å². The Morgan fingerprint density at radius 1 is 1.07 bits per heavy atom. The first-order valence-electron chi connectivity index (χ1n) is 5.20. The summed E-state index contributed by atoms with van der Waals surface area (Å²) in [6, 6.07) is 2.24. The van der Waals surface area contributed by atoms with E-state index in [-0.39, 0.29) is 5.38 Å². The van der Waals surface area contributed by atoms with Crippen molar-refractivity contribution in [3.05, 3.63) is 33.9 Å². The highest BCUT2D eigenvalue weighted by atomic mass is 35.5. The van der Waals surface area contributed by atoms with E-state index in [0.717, 1.165) is 6.42 Å². The van der Waals surface area contributed by atoms with Gasteiger partial charge in [0.15, 0.2) is 0 Å². The van der Waals surface area contributed by atoms with E-state index < -0.39 is 0 Å². The van der Waals surface area contributed by atoms with Gasteiger partial charge in [-0.3, -0.25) is 0 Å². The molecule has 0 radical (unpaired) electrons. The smallest absolute Gasteiger partial charge is 0.0588 e. The molecule has 0 aromatic heterocycles. The summed E-state index contributed by atoms with van der Waals surface area (Å²) in [6.45, 7) is 10.8. The van der Waals surface area contributed by atoms with Crippen LogP contribution in [0.3, 0.4) is 0 Å². The largest absolute Gasteiger partial charge is 0.118 e. The summed E-state index contributed by atoms with van der Waals surface area (Å²) >= 11 is 6.35. The van der Waals surface area contributed by atoms with E-state index in [1.807, 2.05) is 0 Å². The van der Waals surface area contributed by atoms with Gasteiger partial charge in [0.25, 0.3) is 0 Å². The maximum atomic E-state index is 6.35. The molecule has 1 heteroatoms. The molecular weight excluding hydrogens is 192 g/mol. The number of rotatable bonds is 2. The van der Waals surface area contributed by atoms with E-state index in [1.165, 1.54) is 27.8 Å². The third-order valence-corrected chi connectivity index (χ3v) is 3.62. The molecule has 1 aromatic carbocycles. The monoisotopic (exact) mass is 210 g/mol. The Balaban J connectivity index is 3.39. The summed E-state index contributed by atoms with van der Waals surface area (Å²) in [5.74, 6) is 0. The third kappa shape index (κ3) is 1.95. The van der Waals surface area contributed by atoms with E-state index in [2.05, 4.69) is 40.7 Å². The maximum absolute atomic E-state index is 6.35. The molecule has 0 N–H and O–H groups in total. The van der Waals surface area contributed by atoms with Gasteiger partial charge in [0.1, 0.15) is 0 Å². The summed E-state index contributed by atoms with van der Waals surface area (Å²) in [4.78, 5) is 0. The van der Waals surface area contributed by atoms with Crippen LogP contribution in [0.15, 0.2) is 6.07 Å². The molecule has 0 aliphatic heterocycles. The summed E-state index contributed by atoms with van der Waals surface area (Å²) < 4.78 is 0. The molecule has 1 aromatic rings. The molecule has 14 heavy (non-hydrogen) atoms. The predicted octanol–water partition coefficient (Wildman–Crippen LogP) is 4.61. The minimum absolute atomic E-state index is 0.161. The second kappa shape index (κ2) is 4.35. The number of aryl methyl sites for hydroxylation is 2. The minimum Gasteiger partial charge on any atom is -0.118 e. The van der Waals surface area contributed by atoms with Crippen LogP contribution in [0.25, 0.3) is 0 Å². The van der Waals surface area contributed by atoms with Gasteiger partial charge >= 0.3 is 0 Å². The number of halogens is 1. The minimum atomic E-state index is 0.161. The Kier molecular flexibility index (Phi) is 3.60. The van der Waals surface area contributed by atoms with Crippen molar-refractivity contribution in [1.29, 1.82) is 0 Å². The van der Waals surface area contributed by atoms with Crippen LogP contribution in [0.1, 0.15) is 46.5 Å². The van der Waals surface area contributed by atoms with Crippen molar-refractivity contribution in [2.24, 2.45) is 0 Å². The zero-order chi connectivity index (χ0) is 10.9. The van der Waals surface area contributed by atoms with Gasteiger partial charge in [0.05, 0.1) is 5.38 Å². The molecule has 1 atom stereocenters. The van der Waals surface area contributed by atoms with Crippen molar-refractivity contribution in [3.63, 3.8) is 0 Å². The molecule has 1 rings (SSSR count). The lowest BCUT2D eigenvalue weighted by Crippen LogP contribution is -2.01. The molecule has 0 saturated carbocycles. The van der Waals surface area contributed by atoms with Crippen LogP contribution in [-0.2, 0) is 0 Å². The highest BCUT2D eigenvalue weighted by Gasteiger charge is 2.14. The van der Waals surface area contributed by atoms with Crippen molar-refractivity contribution < 1.29 is 0 Å². The average Bonchev–Trinajstić information content (AvgIpc) is 2.15. The third-order valence-electron chi connectivity index (χ3n) is 3.10. The van der Waals surface area contributed by atoms with Crippen molar-refractivity contribution in [3.8, 4) is 0 Å². The van der Waals surface area contributed by atoms with Crippen LogP contribution in [-0.4, -0.2) is 0 Å². The van der Waals surface area contributed by atoms with Gasteiger partial charge in [0.2, 0.25) is 0 Å². The Hall–Kier alpha value is -0.490. The quantitative estimate of drug-likeness (QED) is 0.626. The first-order chi connectivity index (χ1) is 6.49. The normalized spacial score (nSPS) is 13.0. The first-order valence-corrected chi connectivity index (χ1v) is 5.64. The van der Waals surface area contributed by atoms with E-state index >= 15 is 0 Å². The lowest BCUT2D eigenvalue weighted by Gasteiger charge is -2.18. The van der Waals surface area contributed by atoms with Gasteiger partial charge in [-0.15, -0.1) is 11.6 Å². The Morgan fingerprint density at radius 2 is 1.50 bits per heavy atom. The zero-order valence-electron chi connectivity index (χ0n) is 9.74. The Morgan fingerprint density at radius 3 is 1.86 bits per heavy atom. The molecule has 78 valence electrons. The van der Waals surface area contributed by atoms with Gasteiger partial charge in [-0.2, -0.15) is 0 Å². The van der Waals surface area contributed by atoms with Crippen molar-refractivity contribution in [2.45, 2.75) is 46.4 Å². The molecule has 0 heterocycles. The van der Waals surface area contributed by atoms with Crippen LogP contribution < -0.4 is 0 Å². The molecule has 0 spiro atoms. The number of hydrogen-bond acceptors (Lipinski definition) is 0. The van der Waals surface area contributed by atoms with Crippen molar-refractivity contribution in [2.75, 3.05) is 0 Å². The SMILES string of the molecule is CCC(Cl)c1c(C)c(C)cc(C)c1C. The van der Waals surface area contributed by atoms with E-state index in [9.17, 15) is 0 Å². The second-order valence-electron chi connectivity index (χ2n) is 4.05. The fourth-order valence-corrected chi connectivity index (χ4v) is 2.25. The van der Waals surface area contributed by atoms with Gasteiger partial charge in [-0.25, -0.2) is 0 Å². The topological polar surface area (TPSA) is 0 Å². The molecule has 1 unspecified atom stereocenters.